The molecule has 0 spiro atoms. The van der Waals surface area contributed by atoms with Crippen LogP contribution < -0.4 is 10.1 Å². The van der Waals surface area contributed by atoms with E-state index in [4.69, 9.17) is 4.74 Å². The monoisotopic (exact) mass is 427 g/mol. The van der Waals surface area contributed by atoms with E-state index in [2.05, 4.69) is 11.4 Å². The first-order valence-corrected chi connectivity index (χ1v) is 13.3. The van der Waals surface area contributed by atoms with Crippen LogP contribution >= 0.6 is 0 Å². The number of hydrogen-bond donors (Lipinski definition) is 1. The van der Waals surface area contributed by atoms with Gasteiger partial charge < -0.3 is 10.1 Å². The molecule has 1 aromatic carbocycles. The van der Waals surface area contributed by atoms with E-state index < -0.39 is 31.0 Å². The molecule has 2 aliphatic rings. The number of nitrogens with one attached hydrogen (secondary N) is 1. The van der Waals surface area contributed by atoms with Crippen LogP contribution in [-0.2, 0) is 19.7 Å². The van der Waals surface area contributed by atoms with Gasteiger partial charge in [0.25, 0.3) is 0 Å². The van der Waals surface area contributed by atoms with Gasteiger partial charge in [-0.15, -0.1) is 0 Å². The maximum absolute atomic E-state index is 13.1. The maximum Gasteiger partial charge on any atom is 0.183 e. The SMILES string of the molecule is CCOc1ccc(S(=O)(=O)[C@H]2CS(=O)(=O)C[C@@H]2NCCC2=CCCCC2)cc1. The van der Waals surface area contributed by atoms with Gasteiger partial charge in [-0.25, -0.2) is 16.8 Å². The normalized spacial score (nSPS) is 24.7. The van der Waals surface area contributed by atoms with Gasteiger partial charge in [0.05, 0.1) is 28.3 Å². The molecule has 0 aromatic heterocycles. The third-order valence-electron chi connectivity index (χ3n) is 5.40. The molecule has 1 aliphatic carbocycles. The second-order valence-corrected chi connectivity index (χ2v) is 11.8. The van der Waals surface area contributed by atoms with Crippen LogP contribution in [0.25, 0.3) is 0 Å². The minimum absolute atomic E-state index is 0.132. The van der Waals surface area contributed by atoms with Crippen molar-refractivity contribution in [3.8, 4) is 5.75 Å². The van der Waals surface area contributed by atoms with Gasteiger partial charge in [0.15, 0.2) is 19.7 Å². The molecule has 3 rings (SSSR count). The molecule has 0 amide bonds. The summed E-state index contributed by atoms with van der Waals surface area (Å²) < 4.78 is 56.0. The van der Waals surface area contributed by atoms with E-state index in [1.165, 1.54) is 30.5 Å². The summed E-state index contributed by atoms with van der Waals surface area (Å²) >= 11 is 0. The average Bonchev–Trinajstić information content (AvgIpc) is 2.99. The van der Waals surface area contributed by atoms with E-state index in [1.54, 1.807) is 12.1 Å². The highest BCUT2D eigenvalue weighted by molar-refractivity contribution is 7.96. The topological polar surface area (TPSA) is 89.5 Å². The highest BCUT2D eigenvalue weighted by Gasteiger charge is 2.45. The predicted octanol–water partition coefficient (Wildman–Crippen LogP) is 2.50. The summed E-state index contributed by atoms with van der Waals surface area (Å²) in [7, 11) is -7.15. The van der Waals surface area contributed by atoms with Crippen LogP contribution in [0.5, 0.6) is 5.75 Å². The van der Waals surface area contributed by atoms with Gasteiger partial charge >= 0.3 is 0 Å². The fraction of sp³-hybridized carbons (Fsp3) is 0.600. The zero-order valence-corrected chi connectivity index (χ0v) is 17.9. The zero-order valence-electron chi connectivity index (χ0n) is 16.3. The Hall–Kier alpha value is -1.38. The fourth-order valence-corrected chi connectivity index (χ4v) is 8.65. The Morgan fingerprint density at radius 1 is 1.14 bits per heavy atom. The molecule has 0 saturated carbocycles. The minimum atomic E-state index is -3.76. The quantitative estimate of drug-likeness (QED) is 0.641. The van der Waals surface area contributed by atoms with Gasteiger partial charge in [-0.3, -0.25) is 0 Å². The van der Waals surface area contributed by atoms with Crippen LogP contribution in [0.1, 0.15) is 39.0 Å². The Labute approximate surface area is 168 Å². The van der Waals surface area contributed by atoms with Crippen molar-refractivity contribution in [2.45, 2.75) is 55.2 Å². The number of sulfone groups is 2. The molecule has 0 bridgehead atoms. The van der Waals surface area contributed by atoms with Gasteiger partial charge in [0.2, 0.25) is 0 Å². The number of rotatable bonds is 8. The van der Waals surface area contributed by atoms with Crippen molar-refractivity contribution in [3.63, 3.8) is 0 Å². The van der Waals surface area contributed by atoms with E-state index in [-0.39, 0.29) is 16.4 Å². The summed E-state index contributed by atoms with van der Waals surface area (Å²) in [5, 5.41) is 2.26. The second kappa shape index (κ2) is 8.97. The van der Waals surface area contributed by atoms with Gasteiger partial charge in [0.1, 0.15) is 5.75 Å². The second-order valence-electron chi connectivity index (χ2n) is 7.48. The zero-order chi connectivity index (χ0) is 20.2. The molecule has 0 radical (unpaired) electrons. The summed E-state index contributed by atoms with van der Waals surface area (Å²) in [4.78, 5) is 0.139. The van der Waals surface area contributed by atoms with Crippen molar-refractivity contribution in [3.05, 3.63) is 35.9 Å². The maximum atomic E-state index is 13.1. The molecular weight excluding hydrogens is 398 g/mol. The largest absolute Gasteiger partial charge is 0.494 e. The van der Waals surface area contributed by atoms with E-state index in [9.17, 15) is 16.8 Å². The van der Waals surface area contributed by atoms with E-state index in [0.717, 1.165) is 19.3 Å². The lowest BCUT2D eigenvalue weighted by atomic mass is 9.97. The fourth-order valence-electron chi connectivity index (χ4n) is 3.93. The van der Waals surface area contributed by atoms with Crippen molar-refractivity contribution in [1.29, 1.82) is 0 Å². The molecule has 6 nitrogen and oxygen atoms in total. The predicted molar refractivity (Wildman–Crippen MR) is 110 cm³/mol. The lowest BCUT2D eigenvalue weighted by Crippen LogP contribution is -2.43. The van der Waals surface area contributed by atoms with E-state index in [1.807, 2.05) is 6.92 Å². The smallest absolute Gasteiger partial charge is 0.183 e. The van der Waals surface area contributed by atoms with E-state index >= 15 is 0 Å². The number of ether oxygens (including phenoxy) is 1. The Bertz CT molecular complexity index is 904. The van der Waals surface area contributed by atoms with Gasteiger partial charge in [-0.2, -0.15) is 0 Å². The first-order chi connectivity index (χ1) is 13.3. The van der Waals surface area contributed by atoms with Crippen LogP contribution in [0.2, 0.25) is 0 Å². The van der Waals surface area contributed by atoms with Crippen molar-refractivity contribution < 1.29 is 21.6 Å². The number of hydrogen-bond acceptors (Lipinski definition) is 6. The van der Waals surface area contributed by atoms with Gasteiger partial charge in [-0.05, 0) is 69.8 Å². The molecule has 1 aliphatic heterocycles. The van der Waals surface area contributed by atoms with Crippen LogP contribution in [-0.4, -0.2) is 52.8 Å². The first kappa shape index (κ1) is 21.3. The molecule has 2 atom stereocenters. The van der Waals surface area contributed by atoms with Crippen LogP contribution in [0.4, 0.5) is 0 Å². The van der Waals surface area contributed by atoms with Crippen LogP contribution in [0.3, 0.4) is 0 Å². The summed E-state index contributed by atoms with van der Waals surface area (Å²) in [5.41, 5.74) is 1.38. The van der Waals surface area contributed by atoms with Crippen LogP contribution in [0.15, 0.2) is 40.8 Å². The molecular formula is C20H29NO5S2. The summed E-state index contributed by atoms with van der Waals surface area (Å²) in [6.07, 6.45) is 7.69. The lowest BCUT2D eigenvalue weighted by molar-refractivity contribution is 0.340. The standard InChI is InChI=1S/C20H29NO5S2/c1-2-26-17-8-10-18(11-9-17)28(24,25)20-15-27(22,23)14-19(20)21-13-12-16-6-4-3-5-7-16/h6,8-11,19-21H,2-5,7,12-15H2,1H3/t19-,20-/m0/s1. The minimum Gasteiger partial charge on any atom is -0.494 e. The Kier molecular flexibility index (Phi) is 6.83. The summed E-state index contributed by atoms with van der Waals surface area (Å²) in [5.74, 6) is 0.131. The van der Waals surface area contributed by atoms with Crippen molar-refractivity contribution >= 4 is 19.7 Å². The third kappa shape index (κ3) is 5.15. The van der Waals surface area contributed by atoms with Crippen LogP contribution in [0, 0.1) is 0 Å². The highest BCUT2D eigenvalue weighted by Crippen LogP contribution is 2.27. The number of benzene rings is 1. The van der Waals surface area contributed by atoms with Gasteiger partial charge in [-0.1, -0.05) is 11.6 Å². The Morgan fingerprint density at radius 2 is 1.89 bits per heavy atom. The molecule has 1 N–H and O–H groups in total. The molecule has 156 valence electrons. The molecule has 1 fully saturated rings. The van der Waals surface area contributed by atoms with Crippen molar-refractivity contribution in [1.82, 2.24) is 5.32 Å². The first-order valence-electron chi connectivity index (χ1n) is 9.90. The Balaban J connectivity index is 1.72. The number of allylic oxidation sites excluding steroid dienone is 1. The molecule has 28 heavy (non-hydrogen) atoms. The lowest BCUT2D eigenvalue weighted by Gasteiger charge is -2.21. The summed E-state index contributed by atoms with van der Waals surface area (Å²) in [6, 6.07) is 5.63. The summed E-state index contributed by atoms with van der Waals surface area (Å²) in [6.45, 7) is 2.95. The third-order valence-corrected chi connectivity index (χ3v) is 9.57. The molecule has 1 aromatic rings. The van der Waals surface area contributed by atoms with Gasteiger partial charge in [0, 0.05) is 6.04 Å². The van der Waals surface area contributed by atoms with Crippen molar-refractivity contribution in [2.75, 3.05) is 24.7 Å². The molecule has 1 saturated heterocycles. The molecule has 1 heterocycles. The Morgan fingerprint density at radius 3 is 2.54 bits per heavy atom. The average molecular weight is 428 g/mol. The molecule has 8 heteroatoms. The molecule has 0 unspecified atom stereocenters. The van der Waals surface area contributed by atoms with Crippen molar-refractivity contribution in [2.24, 2.45) is 0 Å². The van der Waals surface area contributed by atoms with E-state index in [0.29, 0.717) is 18.9 Å². The highest BCUT2D eigenvalue weighted by atomic mass is 32.2.